The monoisotopic (exact) mass is 485 g/mol. The summed E-state index contributed by atoms with van der Waals surface area (Å²) in [6.45, 7) is 2.99. The highest BCUT2D eigenvalue weighted by Gasteiger charge is 2.24. The lowest BCUT2D eigenvalue weighted by Gasteiger charge is -2.32. The van der Waals surface area contributed by atoms with Gasteiger partial charge in [0.25, 0.3) is 5.56 Å². The second-order valence-electron chi connectivity index (χ2n) is 7.48. The van der Waals surface area contributed by atoms with E-state index in [2.05, 4.69) is 4.90 Å². The highest BCUT2D eigenvalue weighted by Crippen LogP contribution is 2.36. The van der Waals surface area contributed by atoms with E-state index < -0.39 is 10.0 Å². The number of aromatic nitrogens is 1. The van der Waals surface area contributed by atoms with E-state index in [4.69, 9.17) is 23.2 Å². The van der Waals surface area contributed by atoms with E-state index in [0.29, 0.717) is 48.2 Å². The van der Waals surface area contributed by atoms with Crippen LogP contribution in [-0.4, -0.2) is 54.6 Å². The molecule has 0 unspecified atom stereocenters. The van der Waals surface area contributed by atoms with Gasteiger partial charge >= 0.3 is 0 Å². The van der Waals surface area contributed by atoms with Gasteiger partial charge in [-0.15, -0.1) is 11.3 Å². The Bertz CT molecular complexity index is 1280. The minimum absolute atomic E-state index is 0.0433. The lowest BCUT2D eigenvalue weighted by molar-refractivity contribution is 0.183. The Labute approximate surface area is 189 Å². The topological polar surface area (TPSA) is 62.6 Å². The fourth-order valence-corrected chi connectivity index (χ4v) is 6.04. The molecule has 0 aliphatic carbocycles. The fraction of sp³-hybridized carbons (Fsp3) is 0.350. The third kappa shape index (κ3) is 4.30. The number of piperazine rings is 1. The Morgan fingerprint density at radius 1 is 1.07 bits per heavy atom. The highest BCUT2D eigenvalue weighted by atomic mass is 35.5. The minimum Gasteiger partial charge on any atom is -0.317 e. The van der Waals surface area contributed by atoms with Crippen LogP contribution in [0.2, 0.25) is 10.0 Å². The van der Waals surface area contributed by atoms with Crippen molar-refractivity contribution in [3.8, 4) is 11.1 Å². The van der Waals surface area contributed by atoms with Crippen LogP contribution in [0, 0.1) is 0 Å². The maximum atomic E-state index is 12.7. The van der Waals surface area contributed by atoms with E-state index in [1.165, 1.54) is 10.6 Å². The largest absolute Gasteiger partial charge is 0.317 e. The Hall–Kier alpha value is -1.42. The molecule has 1 aliphatic heterocycles. The molecular formula is C20H21Cl2N3O3S2. The average molecular weight is 486 g/mol. The van der Waals surface area contributed by atoms with E-state index in [-0.39, 0.29) is 5.56 Å². The van der Waals surface area contributed by atoms with Crippen molar-refractivity contribution < 1.29 is 8.42 Å². The van der Waals surface area contributed by atoms with Crippen LogP contribution in [0.25, 0.3) is 21.2 Å². The van der Waals surface area contributed by atoms with Gasteiger partial charge in [-0.1, -0.05) is 29.3 Å². The number of benzene rings is 1. The van der Waals surface area contributed by atoms with Gasteiger partial charge in [0.1, 0.15) is 0 Å². The summed E-state index contributed by atoms with van der Waals surface area (Å²) in [5.74, 6) is 0. The molecule has 2 aromatic heterocycles. The molecule has 1 aliphatic rings. The fourth-order valence-electron chi connectivity index (χ4n) is 3.69. The Balaban J connectivity index is 1.66. The Kier molecular flexibility index (Phi) is 6.00. The van der Waals surface area contributed by atoms with Crippen molar-refractivity contribution in [3.05, 3.63) is 55.7 Å². The van der Waals surface area contributed by atoms with E-state index in [1.807, 2.05) is 24.4 Å². The van der Waals surface area contributed by atoms with Crippen molar-refractivity contribution in [1.82, 2.24) is 13.8 Å². The van der Waals surface area contributed by atoms with Crippen LogP contribution < -0.4 is 5.56 Å². The first-order valence-corrected chi connectivity index (χ1v) is 12.8. The molecule has 0 amide bonds. The summed E-state index contributed by atoms with van der Waals surface area (Å²) < 4.78 is 27.4. The Morgan fingerprint density at radius 2 is 1.77 bits per heavy atom. The number of hydrogen-bond acceptors (Lipinski definition) is 5. The summed E-state index contributed by atoms with van der Waals surface area (Å²) in [6.07, 6.45) is 3.07. The number of hydrogen-bond donors (Lipinski definition) is 0. The second-order valence-corrected chi connectivity index (χ2v) is 11.4. The van der Waals surface area contributed by atoms with Gasteiger partial charge in [0.2, 0.25) is 10.0 Å². The maximum absolute atomic E-state index is 12.7. The Morgan fingerprint density at radius 3 is 2.40 bits per heavy atom. The number of aryl methyl sites for hydroxylation is 1. The summed E-state index contributed by atoms with van der Waals surface area (Å²) in [5, 5.41) is 1.63. The summed E-state index contributed by atoms with van der Waals surface area (Å²) >= 11 is 13.9. The SMILES string of the molecule is Cn1cc(-c2ccc(Cl)c(Cl)c2)c2sc(CN3CCN(S(C)(=O)=O)CC3)cc2c1=O. The van der Waals surface area contributed by atoms with E-state index in [9.17, 15) is 13.2 Å². The number of halogens is 2. The van der Waals surface area contributed by atoms with Crippen LogP contribution in [0.1, 0.15) is 4.88 Å². The number of thiophene rings is 1. The van der Waals surface area contributed by atoms with Crippen molar-refractivity contribution in [1.29, 1.82) is 0 Å². The number of rotatable bonds is 4. The molecule has 160 valence electrons. The van der Waals surface area contributed by atoms with Crippen LogP contribution in [0.15, 0.2) is 35.3 Å². The molecule has 0 atom stereocenters. The first-order chi connectivity index (χ1) is 14.1. The van der Waals surface area contributed by atoms with Gasteiger partial charge in [-0.05, 0) is 23.8 Å². The summed E-state index contributed by atoms with van der Waals surface area (Å²) in [6, 6.07) is 7.42. The third-order valence-corrected chi connectivity index (χ3v) is 8.51. The highest BCUT2D eigenvalue weighted by molar-refractivity contribution is 7.88. The van der Waals surface area contributed by atoms with Crippen LogP contribution in [0.5, 0.6) is 0 Å². The van der Waals surface area contributed by atoms with Crippen LogP contribution in [0.3, 0.4) is 0 Å². The zero-order valence-electron chi connectivity index (χ0n) is 16.6. The van der Waals surface area contributed by atoms with Crippen molar-refractivity contribution >= 4 is 54.6 Å². The van der Waals surface area contributed by atoms with Gasteiger partial charge in [0.15, 0.2) is 0 Å². The molecule has 0 N–H and O–H groups in total. The van der Waals surface area contributed by atoms with Gasteiger partial charge in [-0.2, -0.15) is 4.31 Å². The molecular weight excluding hydrogens is 465 g/mol. The van der Waals surface area contributed by atoms with Gasteiger partial charge in [0, 0.05) is 61.1 Å². The predicted molar refractivity (Wildman–Crippen MR) is 124 cm³/mol. The van der Waals surface area contributed by atoms with Gasteiger partial charge < -0.3 is 4.57 Å². The molecule has 3 heterocycles. The third-order valence-electron chi connectivity index (χ3n) is 5.31. The first-order valence-electron chi connectivity index (χ1n) is 9.38. The molecule has 0 bridgehead atoms. The van der Waals surface area contributed by atoms with Gasteiger partial charge in [-0.3, -0.25) is 9.69 Å². The van der Waals surface area contributed by atoms with Crippen molar-refractivity contribution in [2.24, 2.45) is 7.05 Å². The quantitative estimate of drug-likeness (QED) is 0.565. The molecule has 1 aromatic carbocycles. The molecule has 4 rings (SSSR count). The minimum atomic E-state index is -3.15. The lowest BCUT2D eigenvalue weighted by Crippen LogP contribution is -2.47. The number of sulfonamides is 1. The molecule has 0 radical (unpaired) electrons. The standard InChI is InChI=1S/C20H21Cl2N3O3S2/c1-23-12-16(13-3-4-17(21)18(22)9-13)19-15(20(23)26)10-14(29-19)11-24-5-7-25(8-6-24)30(2,27)28/h3-4,9-10,12H,5-8,11H2,1-2H3. The van der Waals surface area contributed by atoms with Crippen molar-refractivity contribution in [2.45, 2.75) is 6.54 Å². The lowest BCUT2D eigenvalue weighted by atomic mass is 10.1. The zero-order valence-corrected chi connectivity index (χ0v) is 19.7. The molecule has 1 fully saturated rings. The van der Waals surface area contributed by atoms with E-state index >= 15 is 0 Å². The van der Waals surface area contributed by atoms with Gasteiger partial charge in [-0.25, -0.2) is 8.42 Å². The van der Waals surface area contributed by atoms with Crippen LogP contribution in [-0.2, 0) is 23.6 Å². The first kappa shape index (κ1) is 21.8. The normalized spacial score (nSPS) is 16.4. The molecule has 0 spiro atoms. The number of pyridine rings is 1. The van der Waals surface area contributed by atoms with E-state index in [0.717, 1.165) is 20.7 Å². The summed E-state index contributed by atoms with van der Waals surface area (Å²) in [7, 11) is -1.41. The molecule has 10 heteroatoms. The van der Waals surface area contributed by atoms with Gasteiger partial charge in [0.05, 0.1) is 21.7 Å². The van der Waals surface area contributed by atoms with Crippen LogP contribution >= 0.6 is 34.5 Å². The van der Waals surface area contributed by atoms with Crippen molar-refractivity contribution in [2.75, 3.05) is 32.4 Å². The maximum Gasteiger partial charge on any atom is 0.259 e. The smallest absolute Gasteiger partial charge is 0.259 e. The molecule has 3 aromatic rings. The molecule has 30 heavy (non-hydrogen) atoms. The molecule has 6 nitrogen and oxygen atoms in total. The molecule has 1 saturated heterocycles. The second kappa shape index (κ2) is 8.26. The number of nitrogens with zero attached hydrogens (tertiary/aromatic N) is 3. The van der Waals surface area contributed by atoms with Crippen molar-refractivity contribution in [3.63, 3.8) is 0 Å². The summed E-state index contributed by atoms with van der Waals surface area (Å²) in [5.41, 5.74) is 1.79. The zero-order chi connectivity index (χ0) is 21.6. The predicted octanol–water partition coefficient (Wildman–Crippen LogP) is 3.65. The van der Waals surface area contributed by atoms with E-state index in [1.54, 1.807) is 29.0 Å². The molecule has 0 saturated carbocycles. The summed E-state index contributed by atoms with van der Waals surface area (Å²) in [4.78, 5) is 16.0. The average Bonchev–Trinajstić information content (AvgIpc) is 3.10. The van der Waals surface area contributed by atoms with Crippen LogP contribution in [0.4, 0.5) is 0 Å². The number of fused-ring (bicyclic) bond motifs is 1.